The van der Waals surface area contributed by atoms with Crippen LogP contribution >= 0.6 is 0 Å². The van der Waals surface area contributed by atoms with E-state index in [1.54, 1.807) is 6.92 Å². The maximum atomic E-state index is 15.0. The van der Waals surface area contributed by atoms with Gasteiger partial charge in [0.1, 0.15) is 24.0 Å². The lowest BCUT2D eigenvalue weighted by Gasteiger charge is -2.29. The number of aliphatic hydroxyl groups is 1. The van der Waals surface area contributed by atoms with E-state index in [0.29, 0.717) is 35.5 Å². The van der Waals surface area contributed by atoms with Gasteiger partial charge in [0.15, 0.2) is 0 Å². The second-order valence-corrected chi connectivity index (χ2v) is 7.84. The molecule has 168 valence electrons. The van der Waals surface area contributed by atoms with Crippen LogP contribution in [0.25, 0.3) is 22.2 Å². The topological polar surface area (TPSA) is 104 Å². The number of nitrogens with zero attached hydrogens (tertiary/aromatic N) is 5. The Labute approximate surface area is 189 Å². The third-order valence-electron chi connectivity index (χ3n) is 5.84. The van der Waals surface area contributed by atoms with Crippen molar-refractivity contribution in [2.24, 2.45) is 0 Å². The number of ether oxygens (including phenoxy) is 1. The second-order valence-electron chi connectivity index (χ2n) is 7.84. The minimum atomic E-state index is -1.28. The van der Waals surface area contributed by atoms with Gasteiger partial charge in [0.2, 0.25) is 0 Å². The summed E-state index contributed by atoms with van der Waals surface area (Å²) in [6.45, 7) is 4.62. The number of anilines is 1. The summed E-state index contributed by atoms with van der Waals surface area (Å²) in [5.41, 5.74) is 3.11. The fraction of sp³-hybridized carbons (Fsp3) is 0.250. The van der Waals surface area contributed by atoms with Crippen LogP contribution in [0, 0.1) is 12.7 Å². The first-order valence-electron chi connectivity index (χ1n) is 10.6. The molecule has 5 rings (SSSR count). The molecule has 33 heavy (non-hydrogen) atoms. The Kier molecular flexibility index (Phi) is 5.57. The molecule has 0 bridgehead atoms. The van der Waals surface area contributed by atoms with Crippen molar-refractivity contribution in [2.75, 3.05) is 31.2 Å². The van der Waals surface area contributed by atoms with Crippen LogP contribution in [0.4, 0.5) is 10.1 Å². The van der Waals surface area contributed by atoms with Crippen LogP contribution < -0.4 is 4.90 Å². The van der Waals surface area contributed by atoms with Gasteiger partial charge in [0, 0.05) is 53.8 Å². The number of rotatable bonds is 4. The first kappa shape index (κ1) is 21.2. The molecule has 1 saturated heterocycles. The third-order valence-corrected chi connectivity index (χ3v) is 5.84. The molecule has 9 heteroatoms. The average molecular weight is 447 g/mol. The van der Waals surface area contributed by atoms with E-state index in [2.05, 4.69) is 24.8 Å². The molecule has 0 radical (unpaired) electrons. The van der Waals surface area contributed by atoms with E-state index in [9.17, 15) is 10.2 Å². The fourth-order valence-corrected chi connectivity index (χ4v) is 4.09. The smallest absolute Gasteiger partial charge is 0.136 e. The zero-order valence-electron chi connectivity index (χ0n) is 17.9. The quantitative estimate of drug-likeness (QED) is 0.492. The number of phenols is 1. The van der Waals surface area contributed by atoms with E-state index < -0.39 is 11.9 Å². The van der Waals surface area contributed by atoms with E-state index in [1.807, 2.05) is 18.2 Å². The van der Waals surface area contributed by atoms with Crippen molar-refractivity contribution in [1.29, 1.82) is 0 Å². The lowest BCUT2D eigenvalue weighted by atomic mass is 9.97. The minimum Gasteiger partial charge on any atom is -0.507 e. The van der Waals surface area contributed by atoms with Crippen LogP contribution in [-0.2, 0) is 4.74 Å². The third kappa shape index (κ3) is 3.96. The fourth-order valence-electron chi connectivity index (χ4n) is 4.09. The highest BCUT2D eigenvalue weighted by Gasteiger charge is 2.23. The van der Waals surface area contributed by atoms with Gasteiger partial charge in [-0.05, 0) is 31.2 Å². The number of aryl methyl sites for hydroxylation is 1. The maximum absolute atomic E-state index is 15.0. The molecule has 1 atom stereocenters. The number of fused-ring (bicyclic) bond motifs is 1. The standard InChI is InChI=1S/C24H22FN5O3/c1-14-22(27-5-4-26-14)24(32)18-11-17(19(25)12-21(18)31)23-16-3-2-15(10-20(16)28-13-29-23)30-6-8-33-9-7-30/h2-5,10-13,24,31-32H,6-9H2,1H3. The average Bonchev–Trinajstić information content (AvgIpc) is 2.84. The van der Waals surface area contributed by atoms with E-state index in [4.69, 9.17) is 4.74 Å². The minimum absolute atomic E-state index is 0.117. The van der Waals surface area contributed by atoms with Crippen LogP contribution in [0.5, 0.6) is 5.75 Å². The van der Waals surface area contributed by atoms with Crippen molar-refractivity contribution >= 4 is 16.6 Å². The largest absolute Gasteiger partial charge is 0.507 e. The van der Waals surface area contributed by atoms with E-state index in [1.165, 1.54) is 24.8 Å². The van der Waals surface area contributed by atoms with Gasteiger partial charge in [0.25, 0.3) is 0 Å². The van der Waals surface area contributed by atoms with Crippen LogP contribution in [0.2, 0.25) is 0 Å². The normalized spacial score (nSPS) is 15.1. The van der Waals surface area contributed by atoms with E-state index in [-0.39, 0.29) is 22.6 Å². The molecular weight excluding hydrogens is 425 g/mol. The number of benzene rings is 2. The Morgan fingerprint density at radius 3 is 2.61 bits per heavy atom. The summed E-state index contributed by atoms with van der Waals surface area (Å²) in [4.78, 5) is 19.2. The van der Waals surface area contributed by atoms with Crippen LogP contribution in [-0.4, -0.2) is 56.5 Å². The SMILES string of the molecule is Cc1nccnc1C(O)c1cc(-c2ncnc3cc(N4CCOCC4)ccc23)c(F)cc1O. The first-order chi connectivity index (χ1) is 16.0. The Bertz CT molecular complexity index is 1330. The summed E-state index contributed by atoms with van der Waals surface area (Å²) in [5.74, 6) is -1.03. The molecule has 1 unspecified atom stereocenters. The van der Waals surface area contributed by atoms with Crippen molar-refractivity contribution in [1.82, 2.24) is 19.9 Å². The van der Waals surface area contributed by atoms with Gasteiger partial charge in [-0.25, -0.2) is 14.4 Å². The van der Waals surface area contributed by atoms with Crippen LogP contribution in [0.15, 0.2) is 49.1 Å². The summed E-state index contributed by atoms with van der Waals surface area (Å²) in [7, 11) is 0. The number of hydrogen-bond donors (Lipinski definition) is 2. The van der Waals surface area contributed by atoms with Gasteiger partial charge in [-0.1, -0.05) is 0 Å². The number of phenolic OH excluding ortho intramolecular Hbond substituents is 1. The van der Waals surface area contributed by atoms with Crippen molar-refractivity contribution in [3.8, 4) is 17.0 Å². The monoisotopic (exact) mass is 447 g/mol. The first-order valence-corrected chi connectivity index (χ1v) is 10.6. The molecule has 0 spiro atoms. The number of aromatic nitrogens is 4. The zero-order chi connectivity index (χ0) is 22.9. The van der Waals surface area contributed by atoms with Gasteiger partial charge >= 0.3 is 0 Å². The molecular formula is C24H22FN5O3. The molecule has 2 aromatic heterocycles. The van der Waals surface area contributed by atoms with Crippen molar-refractivity contribution < 1.29 is 19.3 Å². The van der Waals surface area contributed by atoms with Crippen molar-refractivity contribution in [3.05, 3.63) is 71.8 Å². The van der Waals surface area contributed by atoms with Crippen molar-refractivity contribution in [3.63, 3.8) is 0 Å². The van der Waals surface area contributed by atoms with Crippen molar-refractivity contribution in [2.45, 2.75) is 13.0 Å². The van der Waals surface area contributed by atoms with Crippen LogP contribution in [0.3, 0.4) is 0 Å². The number of morpholine rings is 1. The maximum Gasteiger partial charge on any atom is 0.136 e. The van der Waals surface area contributed by atoms with Gasteiger partial charge in [-0.15, -0.1) is 0 Å². The molecule has 1 fully saturated rings. The predicted molar refractivity (Wildman–Crippen MR) is 120 cm³/mol. The molecule has 0 saturated carbocycles. The predicted octanol–water partition coefficient (Wildman–Crippen LogP) is 3.16. The number of aliphatic hydroxyl groups excluding tert-OH is 1. The Morgan fingerprint density at radius 2 is 1.82 bits per heavy atom. The molecule has 3 heterocycles. The van der Waals surface area contributed by atoms with E-state index >= 15 is 4.39 Å². The lowest BCUT2D eigenvalue weighted by molar-refractivity contribution is 0.122. The van der Waals surface area contributed by atoms with E-state index in [0.717, 1.165) is 24.8 Å². The summed E-state index contributed by atoms with van der Waals surface area (Å²) in [6, 6.07) is 8.15. The number of halogens is 1. The Hall–Kier alpha value is -3.69. The Morgan fingerprint density at radius 1 is 1.03 bits per heavy atom. The highest BCUT2D eigenvalue weighted by molar-refractivity contribution is 5.94. The molecule has 1 aliphatic heterocycles. The number of aromatic hydroxyl groups is 1. The molecule has 0 aliphatic carbocycles. The number of hydrogen-bond acceptors (Lipinski definition) is 8. The highest BCUT2D eigenvalue weighted by Crippen LogP contribution is 2.37. The Balaban J connectivity index is 1.59. The molecule has 4 aromatic rings. The molecule has 2 N–H and O–H groups in total. The van der Waals surface area contributed by atoms with Gasteiger partial charge in [0.05, 0.1) is 35.8 Å². The van der Waals surface area contributed by atoms with Gasteiger partial charge in [-0.3, -0.25) is 9.97 Å². The van der Waals surface area contributed by atoms with Gasteiger partial charge in [-0.2, -0.15) is 0 Å². The summed E-state index contributed by atoms with van der Waals surface area (Å²) < 4.78 is 20.4. The van der Waals surface area contributed by atoms with Crippen LogP contribution in [0.1, 0.15) is 23.1 Å². The molecule has 1 aliphatic rings. The van der Waals surface area contributed by atoms with Gasteiger partial charge < -0.3 is 19.8 Å². The summed E-state index contributed by atoms with van der Waals surface area (Å²) in [5, 5.41) is 21.9. The molecule has 0 amide bonds. The zero-order valence-corrected chi connectivity index (χ0v) is 17.9. The summed E-state index contributed by atoms with van der Waals surface area (Å²) >= 11 is 0. The summed E-state index contributed by atoms with van der Waals surface area (Å²) in [6.07, 6.45) is 3.08. The molecule has 8 nitrogen and oxygen atoms in total. The molecule has 2 aromatic carbocycles. The second kappa shape index (κ2) is 8.68. The lowest BCUT2D eigenvalue weighted by Crippen LogP contribution is -2.36. The highest BCUT2D eigenvalue weighted by atomic mass is 19.1.